The van der Waals surface area contributed by atoms with Crippen molar-refractivity contribution in [2.75, 3.05) is 5.75 Å². The number of ketones is 1. The van der Waals surface area contributed by atoms with Crippen LogP contribution in [0.2, 0.25) is 0 Å². The molecule has 1 aromatic carbocycles. The second-order valence-corrected chi connectivity index (χ2v) is 11.2. The highest BCUT2D eigenvalue weighted by Crippen LogP contribution is 2.40. The first-order valence-corrected chi connectivity index (χ1v) is 13.6. The van der Waals surface area contributed by atoms with Gasteiger partial charge in [0.05, 0.1) is 11.3 Å². The van der Waals surface area contributed by atoms with Crippen LogP contribution in [0.1, 0.15) is 53.9 Å². The average molecular weight is 488 g/mol. The van der Waals surface area contributed by atoms with Gasteiger partial charge in [0.2, 0.25) is 0 Å². The quantitative estimate of drug-likeness (QED) is 0.218. The first kappa shape index (κ1) is 21.7. The number of thiophene rings is 1. The molecule has 6 rings (SSSR count). The first-order valence-electron chi connectivity index (χ1n) is 11.8. The molecule has 4 aromatic heterocycles. The highest BCUT2D eigenvalue weighted by Gasteiger charge is 2.24. The topological polar surface area (TPSA) is 73.0 Å². The number of carbonyl (C=O) groups excluding carboxylic acids is 1. The van der Waals surface area contributed by atoms with Crippen molar-refractivity contribution in [2.45, 2.75) is 51.1 Å². The SMILES string of the molecule is CC(C)Cc1nc2sc3c(ncn4c(SCC(=O)c5ccccc5)nnc34)c2c2c1CCCC2. The van der Waals surface area contributed by atoms with Crippen molar-refractivity contribution in [3.05, 3.63) is 59.0 Å². The lowest BCUT2D eigenvalue weighted by Crippen LogP contribution is -2.11. The van der Waals surface area contributed by atoms with E-state index in [4.69, 9.17) is 9.97 Å². The maximum atomic E-state index is 12.6. The zero-order valence-corrected chi connectivity index (χ0v) is 20.9. The molecule has 34 heavy (non-hydrogen) atoms. The molecule has 4 heterocycles. The van der Waals surface area contributed by atoms with Crippen molar-refractivity contribution >= 4 is 55.0 Å². The molecule has 0 spiro atoms. The molecule has 0 atom stereocenters. The number of hydrogen-bond acceptors (Lipinski definition) is 7. The molecular weight excluding hydrogens is 462 g/mol. The summed E-state index contributed by atoms with van der Waals surface area (Å²) >= 11 is 3.06. The van der Waals surface area contributed by atoms with Gasteiger partial charge in [-0.2, -0.15) is 0 Å². The summed E-state index contributed by atoms with van der Waals surface area (Å²) in [7, 11) is 0. The Kier molecular flexibility index (Phi) is 5.57. The number of hydrogen-bond donors (Lipinski definition) is 0. The number of aromatic nitrogens is 5. The Balaban J connectivity index is 1.42. The molecule has 1 aliphatic carbocycles. The number of nitrogens with zero attached hydrogens (tertiary/aromatic N) is 5. The minimum atomic E-state index is 0.0757. The van der Waals surface area contributed by atoms with Gasteiger partial charge in [-0.1, -0.05) is 55.9 Å². The van der Waals surface area contributed by atoms with E-state index in [1.165, 1.54) is 46.8 Å². The molecule has 172 valence electrons. The molecule has 0 bridgehead atoms. The van der Waals surface area contributed by atoms with Gasteiger partial charge in [-0.3, -0.25) is 9.20 Å². The lowest BCUT2D eigenvalue weighted by atomic mass is 9.87. The van der Waals surface area contributed by atoms with Gasteiger partial charge >= 0.3 is 0 Å². The van der Waals surface area contributed by atoms with E-state index < -0.39 is 0 Å². The Morgan fingerprint density at radius 1 is 1.12 bits per heavy atom. The van der Waals surface area contributed by atoms with E-state index >= 15 is 0 Å². The van der Waals surface area contributed by atoms with E-state index in [0.29, 0.717) is 22.4 Å². The highest BCUT2D eigenvalue weighted by atomic mass is 32.2. The molecule has 0 unspecified atom stereocenters. The van der Waals surface area contributed by atoms with Crippen LogP contribution in [0.15, 0.2) is 41.8 Å². The number of aryl methyl sites for hydroxylation is 1. The number of rotatable bonds is 6. The molecule has 0 N–H and O–H groups in total. The van der Waals surface area contributed by atoms with Crippen LogP contribution in [0.25, 0.3) is 26.1 Å². The van der Waals surface area contributed by atoms with E-state index in [9.17, 15) is 4.79 Å². The van der Waals surface area contributed by atoms with E-state index in [1.807, 2.05) is 34.7 Å². The maximum Gasteiger partial charge on any atom is 0.197 e. The standard InChI is InChI=1S/C26H25N5OS2/c1-15(2)12-19-17-10-6-7-11-18(17)21-22-23(34-25(21)28-19)24-29-30-26(31(24)14-27-22)33-13-20(32)16-8-4-3-5-9-16/h3-5,8-9,14-15H,6-7,10-13H2,1-2H3. The Morgan fingerprint density at radius 3 is 2.71 bits per heavy atom. The number of thioether (sulfide) groups is 1. The van der Waals surface area contributed by atoms with Gasteiger partial charge in [-0.05, 0) is 49.1 Å². The van der Waals surface area contributed by atoms with Crippen molar-refractivity contribution in [3.8, 4) is 0 Å². The fourth-order valence-electron chi connectivity index (χ4n) is 4.87. The normalized spacial score (nSPS) is 13.9. The fourth-order valence-corrected chi connectivity index (χ4v) is 6.82. The molecule has 6 nitrogen and oxygen atoms in total. The molecule has 0 aliphatic heterocycles. The fraction of sp³-hybridized carbons (Fsp3) is 0.346. The van der Waals surface area contributed by atoms with Crippen molar-refractivity contribution < 1.29 is 4.79 Å². The zero-order chi connectivity index (χ0) is 23.2. The lowest BCUT2D eigenvalue weighted by Gasteiger charge is -2.20. The zero-order valence-electron chi connectivity index (χ0n) is 19.2. The largest absolute Gasteiger partial charge is 0.293 e. The van der Waals surface area contributed by atoms with Gasteiger partial charge < -0.3 is 0 Å². The van der Waals surface area contributed by atoms with Gasteiger partial charge in [-0.15, -0.1) is 21.5 Å². The lowest BCUT2D eigenvalue weighted by molar-refractivity contribution is 0.102. The third-order valence-electron chi connectivity index (χ3n) is 6.42. The molecule has 1 aliphatic rings. The van der Waals surface area contributed by atoms with Gasteiger partial charge in [0.1, 0.15) is 15.9 Å². The van der Waals surface area contributed by atoms with Crippen LogP contribution in [0.5, 0.6) is 0 Å². The minimum absolute atomic E-state index is 0.0757. The van der Waals surface area contributed by atoms with Crippen LogP contribution in [0.3, 0.4) is 0 Å². The smallest absolute Gasteiger partial charge is 0.197 e. The molecule has 8 heteroatoms. The Bertz CT molecular complexity index is 1540. The van der Waals surface area contributed by atoms with Gasteiger partial charge in [0.15, 0.2) is 16.6 Å². The van der Waals surface area contributed by atoms with Crippen molar-refractivity contribution in [3.63, 3.8) is 0 Å². The third-order valence-corrected chi connectivity index (χ3v) is 8.43. The summed E-state index contributed by atoms with van der Waals surface area (Å²) in [5.41, 5.74) is 6.64. The number of benzene rings is 1. The molecular formula is C26H25N5OS2. The van der Waals surface area contributed by atoms with Crippen molar-refractivity contribution in [1.29, 1.82) is 0 Å². The second-order valence-electron chi connectivity index (χ2n) is 9.28. The highest BCUT2D eigenvalue weighted by molar-refractivity contribution is 7.99. The van der Waals surface area contributed by atoms with E-state index in [-0.39, 0.29) is 5.78 Å². The Hall–Kier alpha value is -2.84. The average Bonchev–Trinajstić information content (AvgIpc) is 3.44. The van der Waals surface area contributed by atoms with E-state index in [0.717, 1.165) is 40.0 Å². The van der Waals surface area contributed by atoms with Crippen molar-refractivity contribution in [1.82, 2.24) is 24.6 Å². The summed E-state index contributed by atoms with van der Waals surface area (Å²) in [4.78, 5) is 23.6. The summed E-state index contributed by atoms with van der Waals surface area (Å²) < 4.78 is 2.93. The van der Waals surface area contributed by atoms with Crippen LogP contribution in [0.4, 0.5) is 0 Å². The predicted molar refractivity (Wildman–Crippen MR) is 138 cm³/mol. The molecule has 0 saturated carbocycles. The number of Topliss-reactive ketones (excluding diaryl/α,β-unsaturated/α-hetero) is 1. The molecule has 0 saturated heterocycles. The predicted octanol–water partition coefficient (Wildman–Crippen LogP) is 5.94. The Labute approximate surface area is 205 Å². The number of pyridine rings is 1. The molecule has 0 fully saturated rings. The second kappa shape index (κ2) is 8.74. The summed E-state index contributed by atoms with van der Waals surface area (Å²) in [6.07, 6.45) is 7.47. The van der Waals surface area contributed by atoms with Gasteiger partial charge in [-0.25, -0.2) is 9.97 Å². The summed E-state index contributed by atoms with van der Waals surface area (Å²) in [6, 6.07) is 9.36. The number of fused-ring (bicyclic) bond motifs is 7. The first-order chi connectivity index (χ1) is 16.6. The van der Waals surface area contributed by atoms with Crippen LogP contribution in [-0.2, 0) is 19.3 Å². The third kappa shape index (κ3) is 3.69. The van der Waals surface area contributed by atoms with Gasteiger partial charge in [0.25, 0.3) is 0 Å². The molecule has 0 radical (unpaired) electrons. The van der Waals surface area contributed by atoms with Gasteiger partial charge in [0, 0.05) is 16.6 Å². The number of carbonyl (C=O) groups is 1. The van der Waals surface area contributed by atoms with E-state index in [1.54, 1.807) is 17.7 Å². The van der Waals surface area contributed by atoms with Crippen LogP contribution in [0, 0.1) is 5.92 Å². The van der Waals surface area contributed by atoms with Crippen LogP contribution >= 0.6 is 23.1 Å². The Morgan fingerprint density at radius 2 is 1.91 bits per heavy atom. The maximum absolute atomic E-state index is 12.6. The monoisotopic (exact) mass is 487 g/mol. The summed E-state index contributed by atoms with van der Waals surface area (Å²) in [5.74, 6) is 0.958. The minimum Gasteiger partial charge on any atom is -0.293 e. The summed E-state index contributed by atoms with van der Waals surface area (Å²) in [6.45, 7) is 4.52. The van der Waals surface area contributed by atoms with Crippen LogP contribution < -0.4 is 0 Å². The van der Waals surface area contributed by atoms with Crippen molar-refractivity contribution in [2.24, 2.45) is 5.92 Å². The van der Waals surface area contributed by atoms with Crippen LogP contribution in [-0.4, -0.2) is 36.1 Å². The summed E-state index contributed by atoms with van der Waals surface area (Å²) in [5, 5.41) is 10.8. The molecule has 0 amide bonds. The molecule has 5 aromatic rings. The van der Waals surface area contributed by atoms with E-state index in [2.05, 4.69) is 24.0 Å².